The van der Waals surface area contributed by atoms with Crippen molar-refractivity contribution in [3.05, 3.63) is 63.7 Å². The molecule has 2 amide bonds. The number of carbonyl (C=O) groups is 2. The van der Waals surface area contributed by atoms with Gasteiger partial charge in [0.25, 0.3) is 11.6 Å². The molecule has 0 radical (unpaired) electrons. The Morgan fingerprint density at radius 2 is 2.00 bits per heavy atom. The van der Waals surface area contributed by atoms with Gasteiger partial charge in [-0.3, -0.25) is 19.7 Å². The third-order valence-electron chi connectivity index (χ3n) is 4.16. The van der Waals surface area contributed by atoms with Crippen molar-refractivity contribution in [3.63, 3.8) is 0 Å². The molecule has 0 aromatic heterocycles. The minimum atomic E-state index is -0.806. The number of amides is 2. The molecular weight excluding hydrogens is 394 g/mol. The van der Waals surface area contributed by atoms with Crippen LogP contribution in [-0.4, -0.2) is 41.9 Å². The van der Waals surface area contributed by atoms with E-state index >= 15 is 0 Å². The van der Waals surface area contributed by atoms with Crippen LogP contribution in [0.4, 0.5) is 11.4 Å². The van der Waals surface area contributed by atoms with Crippen molar-refractivity contribution in [1.82, 2.24) is 5.32 Å². The number of ether oxygens (including phenoxy) is 1. The number of nitro groups is 1. The average molecular weight is 417 g/mol. The molecule has 1 atom stereocenters. The van der Waals surface area contributed by atoms with Gasteiger partial charge in [-0.05, 0) is 49.1 Å². The van der Waals surface area contributed by atoms with Crippen molar-refractivity contribution in [2.75, 3.05) is 24.4 Å². The summed E-state index contributed by atoms with van der Waals surface area (Å²) < 4.78 is 5.28. The van der Waals surface area contributed by atoms with E-state index in [1.807, 2.05) is 19.2 Å². The van der Waals surface area contributed by atoms with Crippen molar-refractivity contribution in [1.29, 1.82) is 0 Å². The Kier molecular flexibility index (Phi) is 8.02. The highest BCUT2D eigenvalue weighted by molar-refractivity contribution is 7.98. The molecule has 0 fully saturated rings. The molecule has 0 saturated carbocycles. The normalized spacial score (nSPS) is 11.4. The van der Waals surface area contributed by atoms with E-state index in [1.165, 1.54) is 31.4 Å². The van der Waals surface area contributed by atoms with E-state index in [2.05, 4.69) is 10.6 Å². The predicted molar refractivity (Wildman–Crippen MR) is 114 cm³/mol. The van der Waals surface area contributed by atoms with Crippen LogP contribution in [0.5, 0.6) is 5.75 Å². The molecule has 0 unspecified atom stereocenters. The summed E-state index contributed by atoms with van der Waals surface area (Å²) in [5, 5.41) is 16.4. The van der Waals surface area contributed by atoms with Gasteiger partial charge in [0, 0.05) is 17.7 Å². The van der Waals surface area contributed by atoms with E-state index in [0.717, 1.165) is 5.56 Å². The lowest BCUT2D eigenvalue weighted by atomic mass is 10.1. The summed E-state index contributed by atoms with van der Waals surface area (Å²) in [6.45, 7) is 1.89. The van der Waals surface area contributed by atoms with Crippen LogP contribution in [-0.2, 0) is 4.79 Å². The van der Waals surface area contributed by atoms with Gasteiger partial charge in [-0.1, -0.05) is 12.1 Å². The summed E-state index contributed by atoms with van der Waals surface area (Å²) in [7, 11) is 1.51. The van der Waals surface area contributed by atoms with Crippen molar-refractivity contribution >= 4 is 35.0 Å². The maximum atomic E-state index is 12.8. The number of hydrogen-bond acceptors (Lipinski definition) is 6. The summed E-state index contributed by atoms with van der Waals surface area (Å²) in [6, 6.07) is 9.98. The van der Waals surface area contributed by atoms with Gasteiger partial charge in [0.05, 0.1) is 17.7 Å². The lowest BCUT2D eigenvalue weighted by Crippen LogP contribution is -2.44. The van der Waals surface area contributed by atoms with E-state index < -0.39 is 16.9 Å². The zero-order valence-corrected chi connectivity index (χ0v) is 17.2. The van der Waals surface area contributed by atoms with Gasteiger partial charge in [-0.2, -0.15) is 11.8 Å². The Balaban J connectivity index is 2.19. The van der Waals surface area contributed by atoms with Crippen LogP contribution >= 0.6 is 11.8 Å². The summed E-state index contributed by atoms with van der Waals surface area (Å²) in [4.78, 5) is 35.8. The third kappa shape index (κ3) is 6.21. The fourth-order valence-corrected chi connectivity index (χ4v) is 3.12. The monoisotopic (exact) mass is 417 g/mol. The first kappa shape index (κ1) is 22.2. The van der Waals surface area contributed by atoms with E-state index in [-0.39, 0.29) is 17.2 Å². The Bertz CT molecular complexity index is 903. The maximum Gasteiger partial charge on any atom is 0.270 e. The lowest BCUT2D eigenvalue weighted by molar-refractivity contribution is -0.384. The number of nitrogens with zero attached hydrogens (tertiary/aromatic N) is 1. The minimum absolute atomic E-state index is 0.120. The van der Waals surface area contributed by atoms with Gasteiger partial charge < -0.3 is 15.4 Å². The van der Waals surface area contributed by atoms with Gasteiger partial charge in [0.2, 0.25) is 5.91 Å². The van der Waals surface area contributed by atoms with Gasteiger partial charge in [-0.25, -0.2) is 0 Å². The number of nitrogens with one attached hydrogen (secondary N) is 2. The molecule has 9 heteroatoms. The number of non-ortho nitro benzene ring substituents is 1. The summed E-state index contributed by atoms with van der Waals surface area (Å²) in [6.07, 6.45) is 2.31. The number of rotatable bonds is 9. The number of carbonyl (C=O) groups excluding carboxylic acids is 2. The molecule has 0 saturated heterocycles. The molecule has 0 aliphatic heterocycles. The van der Waals surface area contributed by atoms with Gasteiger partial charge in [0.1, 0.15) is 11.8 Å². The number of aryl methyl sites for hydroxylation is 1. The zero-order chi connectivity index (χ0) is 21.4. The predicted octanol–water partition coefficient (Wildman–Crippen LogP) is 3.40. The van der Waals surface area contributed by atoms with Crippen LogP contribution in [0.15, 0.2) is 42.5 Å². The first-order chi connectivity index (χ1) is 13.8. The fraction of sp³-hybridized carbons (Fsp3) is 0.300. The van der Waals surface area contributed by atoms with Crippen LogP contribution < -0.4 is 15.4 Å². The van der Waals surface area contributed by atoms with Crippen LogP contribution in [0.3, 0.4) is 0 Å². The smallest absolute Gasteiger partial charge is 0.270 e. The van der Waals surface area contributed by atoms with Crippen LogP contribution in [0, 0.1) is 17.0 Å². The lowest BCUT2D eigenvalue weighted by Gasteiger charge is -2.19. The first-order valence-electron chi connectivity index (χ1n) is 8.85. The number of nitro benzene ring substituents is 1. The Morgan fingerprint density at radius 1 is 1.24 bits per heavy atom. The molecule has 2 aromatic rings. The van der Waals surface area contributed by atoms with Crippen molar-refractivity contribution in [2.24, 2.45) is 0 Å². The maximum absolute atomic E-state index is 12.8. The molecule has 0 heterocycles. The molecule has 2 N–H and O–H groups in total. The van der Waals surface area contributed by atoms with Gasteiger partial charge >= 0.3 is 0 Å². The minimum Gasteiger partial charge on any atom is -0.495 e. The van der Waals surface area contributed by atoms with Crippen molar-refractivity contribution in [2.45, 2.75) is 19.4 Å². The number of hydrogen-bond donors (Lipinski definition) is 2. The number of thioether (sulfide) groups is 1. The molecule has 0 aliphatic carbocycles. The largest absolute Gasteiger partial charge is 0.495 e. The summed E-state index contributed by atoms with van der Waals surface area (Å²) in [5.41, 5.74) is 1.39. The fourth-order valence-electron chi connectivity index (χ4n) is 2.65. The molecule has 0 spiro atoms. The van der Waals surface area contributed by atoms with Crippen LogP contribution in [0.1, 0.15) is 22.3 Å². The summed E-state index contributed by atoms with van der Waals surface area (Å²) >= 11 is 1.55. The van der Waals surface area contributed by atoms with Crippen molar-refractivity contribution in [3.8, 4) is 5.75 Å². The number of benzene rings is 2. The summed E-state index contributed by atoms with van der Waals surface area (Å²) in [5.74, 6) is 0.226. The van der Waals surface area contributed by atoms with Gasteiger partial charge in [0.15, 0.2) is 0 Å². The highest BCUT2D eigenvalue weighted by atomic mass is 32.2. The first-order valence-corrected chi connectivity index (χ1v) is 10.2. The molecule has 154 valence electrons. The van der Waals surface area contributed by atoms with Gasteiger partial charge in [-0.15, -0.1) is 0 Å². The number of methoxy groups -OCH3 is 1. The molecule has 2 rings (SSSR count). The molecule has 0 aliphatic rings. The molecule has 2 aromatic carbocycles. The zero-order valence-electron chi connectivity index (χ0n) is 16.4. The quantitative estimate of drug-likeness (QED) is 0.478. The van der Waals surface area contributed by atoms with Crippen LogP contribution in [0.25, 0.3) is 0 Å². The highest BCUT2D eigenvalue weighted by Crippen LogP contribution is 2.25. The highest BCUT2D eigenvalue weighted by Gasteiger charge is 2.23. The van der Waals surface area contributed by atoms with E-state index in [0.29, 0.717) is 23.6 Å². The average Bonchev–Trinajstić information content (AvgIpc) is 2.71. The topological polar surface area (TPSA) is 111 Å². The SMILES string of the molecule is COc1ccc(C)cc1NC(=O)[C@@H](CCSC)NC(=O)c1cccc([N+](=O)[O-])c1. The molecular formula is C20H23N3O5S. The second-order valence-corrected chi connectivity index (χ2v) is 7.29. The van der Waals surface area contributed by atoms with Crippen LogP contribution in [0.2, 0.25) is 0 Å². The second kappa shape index (κ2) is 10.5. The van der Waals surface area contributed by atoms with E-state index in [4.69, 9.17) is 4.74 Å². The standard InChI is InChI=1S/C20H23N3O5S/c1-13-7-8-18(28-2)17(11-13)22-20(25)16(9-10-29-3)21-19(24)14-5-4-6-15(12-14)23(26)27/h4-8,11-12,16H,9-10H2,1-3H3,(H,21,24)(H,22,25)/t16-/m1/s1. The van der Waals surface area contributed by atoms with E-state index in [9.17, 15) is 19.7 Å². The Hall–Kier alpha value is -3.07. The molecule has 29 heavy (non-hydrogen) atoms. The second-order valence-electron chi connectivity index (χ2n) is 6.31. The van der Waals surface area contributed by atoms with E-state index in [1.54, 1.807) is 23.9 Å². The third-order valence-corrected chi connectivity index (χ3v) is 4.81. The van der Waals surface area contributed by atoms with Crippen molar-refractivity contribution < 1.29 is 19.2 Å². The number of anilines is 1. The molecule has 8 nitrogen and oxygen atoms in total. The molecule has 0 bridgehead atoms. The Morgan fingerprint density at radius 3 is 2.66 bits per heavy atom. The Labute approximate surface area is 173 Å².